The van der Waals surface area contributed by atoms with E-state index in [0.717, 1.165) is 52.6 Å². The van der Waals surface area contributed by atoms with E-state index in [1.807, 2.05) is 65.0 Å². The van der Waals surface area contributed by atoms with Crippen LogP contribution in [-0.2, 0) is 114 Å². The van der Waals surface area contributed by atoms with Crippen LogP contribution < -0.4 is 14.2 Å². The van der Waals surface area contributed by atoms with Crippen LogP contribution in [-0.4, -0.2) is 112 Å². The minimum atomic E-state index is -1.14. The van der Waals surface area contributed by atoms with E-state index in [1.165, 1.54) is 0 Å². The molecular formula is C102H168O21. The molecule has 0 unspecified atom stereocenters. The van der Waals surface area contributed by atoms with Crippen molar-refractivity contribution in [3.63, 3.8) is 0 Å². The van der Waals surface area contributed by atoms with Crippen molar-refractivity contribution in [3.8, 4) is 17.2 Å². The van der Waals surface area contributed by atoms with Crippen LogP contribution in [0.5, 0.6) is 17.2 Å². The van der Waals surface area contributed by atoms with Gasteiger partial charge in [0.1, 0.15) is 17.2 Å². The molecule has 0 saturated carbocycles. The van der Waals surface area contributed by atoms with Gasteiger partial charge in [0.05, 0.1) is 121 Å². The average Bonchev–Trinajstić information content (AvgIpc) is 0.796. The highest BCUT2D eigenvalue weighted by Gasteiger charge is 2.40. The molecule has 0 saturated heterocycles. The first-order chi connectivity index (χ1) is 54.1. The van der Waals surface area contributed by atoms with Gasteiger partial charge in [-0.15, -0.1) is 0 Å². The predicted octanol–water partition coefficient (Wildman–Crippen LogP) is 17.2. The topological polar surface area (TPSA) is 392 Å². The molecule has 0 aliphatic rings. The molecule has 0 aliphatic heterocycles. The van der Waals surface area contributed by atoms with Crippen LogP contribution in [0.2, 0.25) is 0 Å². The highest BCUT2D eigenvalue weighted by atomic mass is 16.5. The van der Waals surface area contributed by atoms with E-state index in [-0.39, 0.29) is 0 Å². The summed E-state index contributed by atoms with van der Waals surface area (Å²) in [7, 11) is 0. The lowest BCUT2D eigenvalue weighted by molar-refractivity contribution is 0.0493. The van der Waals surface area contributed by atoms with E-state index < -0.39 is 101 Å². The van der Waals surface area contributed by atoms with Crippen molar-refractivity contribution in [2.75, 3.05) is 19.8 Å². The van der Waals surface area contributed by atoms with Gasteiger partial charge in [-0.25, -0.2) is 0 Å². The Morgan fingerprint density at radius 2 is 0.325 bits per heavy atom. The molecule has 0 aromatic heterocycles. The highest BCUT2D eigenvalue weighted by Crippen LogP contribution is 2.46. The van der Waals surface area contributed by atoms with Crippen molar-refractivity contribution in [2.24, 2.45) is 0 Å². The van der Waals surface area contributed by atoms with Gasteiger partial charge >= 0.3 is 0 Å². The van der Waals surface area contributed by atoms with Crippen molar-refractivity contribution in [2.45, 2.75) is 411 Å². The Kier molecular flexibility index (Phi) is 37.7. The molecule has 123 heavy (non-hydrogen) atoms. The third-order valence-corrected chi connectivity index (χ3v) is 20.9. The Hall–Kier alpha value is -6.00. The fraction of sp³-hybridized carbons (Fsp3) is 0.647. The second-order valence-electron chi connectivity index (χ2n) is 42.5. The Morgan fingerprint density at radius 1 is 0.179 bits per heavy atom. The monoisotopic (exact) mass is 1730 g/mol. The number of benzene rings is 6. The normalized spacial score (nSPS) is 13.6. The van der Waals surface area contributed by atoms with Gasteiger partial charge in [0.25, 0.3) is 0 Å². The summed E-state index contributed by atoms with van der Waals surface area (Å²) in [5.41, 5.74) is -4.82. The van der Waals surface area contributed by atoms with E-state index in [9.17, 15) is 91.9 Å². The maximum atomic E-state index is 10.5. The van der Waals surface area contributed by atoms with Crippen molar-refractivity contribution < 1.29 is 106 Å². The molecule has 0 spiro atoms. The molecule has 0 atom stereocenters. The first kappa shape index (κ1) is 115. The van der Waals surface area contributed by atoms with Crippen molar-refractivity contribution in [1.82, 2.24) is 0 Å². The molecule has 6 aromatic rings. The molecule has 0 bridgehead atoms. The molecule has 18 N–H and O–H groups in total. The second kappa shape index (κ2) is 40.3. The minimum Gasteiger partial charge on any atom is -0.493 e. The van der Waals surface area contributed by atoms with Gasteiger partial charge in [0.2, 0.25) is 0 Å². The van der Waals surface area contributed by atoms with E-state index in [0.29, 0.717) is 121 Å². The Balaban J connectivity index is 0.000000738. The van der Waals surface area contributed by atoms with Crippen LogP contribution >= 0.6 is 0 Å². The summed E-state index contributed by atoms with van der Waals surface area (Å²) in [6.07, 6.45) is 2.54. The molecule has 21 nitrogen and oxygen atoms in total. The summed E-state index contributed by atoms with van der Waals surface area (Å²) in [5.74, 6) is 1.57. The lowest BCUT2D eigenvalue weighted by Crippen LogP contribution is -2.28. The van der Waals surface area contributed by atoms with Crippen LogP contribution in [0.1, 0.15) is 407 Å². The van der Waals surface area contributed by atoms with Crippen LogP contribution in [0, 0.1) is 6.92 Å². The molecular weight excluding hydrogens is 1560 g/mol. The lowest BCUT2D eigenvalue weighted by Gasteiger charge is -2.32. The number of ether oxygens (including phenoxy) is 3. The van der Waals surface area contributed by atoms with Gasteiger partial charge in [0.15, 0.2) is 0 Å². The smallest absolute Gasteiger partial charge is 0.125 e. The third-order valence-electron chi connectivity index (χ3n) is 20.9. The molecule has 0 amide bonds. The summed E-state index contributed by atoms with van der Waals surface area (Å²) in [6.45, 7) is 73.7. The van der Waals surface area contributed by atoms with E-state index in [4.69, 9.17) is 14.2 Å². The van der Waals surface area contributed by atoms with Crippen molar-refractivity contribution >= 4 is 0 Å². The Bertz CT molecular complexity index is 4030. The fourth-order valence-electron chi connectivity index (χ4n) is 14.6. The van der Waals surface area contributed by atoms with Crippen LogP contribution in [0.25, 0.3) is 0 Å². The van der Waals surface area contributed by atoms with Gasteiger partial charge in [-0.05, 0) is 445 Å². The number of hydrogen-bond acceptors (Lipinski definition) is 21. The largest absolute Gasteiger partial charge is 0.493 e. The zero-order chi connectivity index (χ0) is 97.7. The number of aryl methyl sites for hydroxylation is 3. The van der Waals surface area contributed by atoms with Gasteiger partial charge in [-0.3, -0.25) is 0 Å². The van der Waals surface area contributed by atoms with Gasteiger partial charge in [0, 0.05) is 16.7 Å². The molecule has 0 radical (unpaired) electrons. The highest BCUT2D eigenvalue weighted by molar-refractivity contribution is 5.54. The SMILES string of the molecule is CCCc1cc(C(C)(C)O)c(C(C)(C)O)cc1C(C)(C)O.CCOc1cc(C(C)(C)O)c(C(C)(C)O)cc1C(C)(C)O.CCOc1cc(C(C)(C)O)c(C(C)(C)O)cc1C(C)(C)O.CCOc1cc(C(C)(C)O)c(C(C)(C)O)cc1C(C)(C)O.CCc1cc(C(C)(C)O)c(C(C)(C)O)cc1C(C)(C)O.Cc1cc(C(C)(C)O)c(C(C)(C)O)cc1C(C)(C)O. The van der Waals surface area contributed by atoms with Gasteiger partial charge in [-0.1, -0.05) is 38.5 Å². The zero-order valence-electron chi connectivity index (χ0n) is 83.4. The first-order valence-electron chi connectivity index (χ1n) is 43.2. The number of rotatable bonds is 27. The minimum absolute atomic E-state index is 0.455. The van der Waals surface area contributed by atoms with Gasteiger partial charge in [-0.2, -0.15) is 0 Å². The summed E-state index contributed by atoms with van der Waals surface area (Å²) in [5, 5.41) is 187. The molecule has 21 heteroatoms. The quantitative estimate of drug-likeness (QED) is 0.0228. The summed E-state index contributed by atoms with van der Waals surface area (Å²) in [6, 6.07) is 21.5. The average molecular weight is 1730 g/mol. The predicted molar refractivity (Wildman–Crippen MR) is 495 cm³/mol. The van der Waals surface area contributed by atoms with E-state index in [2.05, 4.69) is 6.92 Å². The summed E-state index contributed by atoms with van der Waals surface area (Å²) >= 11 is 0. The van der Waals surface area contributed by atoms with Crippen molar-refractivity contribution in [3.05, 3.63) is 190 Å². The third kappa shape index (κ3) is 33.5. The number of hydrogen-bond donors (Lipinski definition) is 18. The Labute approximate surface area is 739 Å². The van der Waals surface area contributed by atoms with Crippen LogP contribution in [0.4, 0.5) is 0 Å². The first-order valence-corrected chi connectivity index (χ1v) is 43.2. The number of aliphatic hydroxyl groups is 18. The summed E-state index contributed by atoms with van der Waals surface area (Å²) in [4.78, 5) is 0. The molecule has 6 rings (SSSR count). The Morgan fingerprint density at radius 3 is 0.496 bits per heavy atom. The summed E-state index contributed by atoms with van der Waals surface area (Å²) < 4.78 is 16.8. The van der Waals surface area contributed by atoms with E-state index >= 15 is 0 Å². The van der Waals surface area contributed by atoms with Crippen molar-refractivity contribution in [1.29, 1.82) is 0 Å². The zero-order valence-corrected chi connectivity index (χ0v) is 83.4. The molecule has 0 aliphatic carbocycles. The maximum absolute atomic E-state index is 10.5. The molecule has 6 aromatic carbocycles. The van der Waals surface area contributed by atoms with E-state index in [1.54, 1.807) is 292 Å². The molecule has 0 heterocycles. The molecule has 702 valence electrons. The van der Waals surface area contributed by atoms with Crippen LogP contribution in [0.15, 0.2) is 72.8 Å². The van der Waals surface area contributed by atoms with Crippen LogP contribution in [0.3, 0.4) is 0 Å². The fourth-order valence-corrected chi connectivity index (χ4v) is 14.6. The van der Waals surface area contributed by atoms with Gasteiger partial charge < -0.3 is 106 Å². The maximum Gasteiger partial charge on any atom is 0.125 e. The second-order valence-corrected chi connectivity index (χ2v) is 42.5. The molecule has 0 fully saturated rings. The standard InChI is InChI=1S/C18H30O3.3C17H28O4.C17H28O3.C16H26O3/c1-8-9-12-10-14(17(4,5)20)15(18(6,7)21)11-13(12)16(2,3)19;3*1-8-21-14-10-12(16(4,5)19)11(15(2,3)18)9-13(14)17(6,7)20;1-8-11-9-13(16(4,5)19)14(17(6,7)20)10-12(11)15(2,3)18;1-10-8-12(15(4,5)18)13(16(6,7)19)9-11(10)14(2,3)17/h10-11,19-21H,8-9H2,1-7H3;3*9-10,18-20H,8H2,1-7H3;9-10,18-20H,8H2,1-7H3;8-9,17-19H,1-7H3. The lowest BCUT2D eigenvalue weighted by atomic mass is 9.79.